The monoisotopic (exact) mass is 540 g/mol. The number of aromatic nitrogens is 3. The third kappa shape index (κ3) is 5.26. The first-order valence-electron chi connectivity index (χ1n) is 13.2. The number of nitro benzene ring substituents is 1. The maximum atomic E-state index is 12.0. The highest BCUT2D eigenvalue weighted by atomic mass is 16.6. The van der Waals surface area contributed by atoms with Crippen LogP contribution in [0.5, 0.6) is 5.75 Å². The molecular formula is C29H32N8O3. The number of likely N-dealkylation sites (N-methyl/N-ethyl adjacent to an activating group) is 2. The van der Waals surface area contributed by atoms with Gasteiger partial charge in [-0.2, -0.15) is 5.26 Å². The van der Waals surface area contributed by atoms with Crippen LogP contribution in [0, 0.1) is 28.4 Å². The van der Waals surface area contributed by atoms with Crippen LogP contribution in [0.15, 0.2) is 42.7 Å². The summed E-state index contributed by atoms with van der Waals surface area (Å²) in [5, 5.41) is 25.4. The van der Waals surface area contributed by atoms with Gasteiger partial charge in [-0.1, -0.05) is 18.2 Å². The Labute approximate surface area is 232 Å². The van der Waals surface area contributed by atoms with Crippen molar-refractivity contribution in [2.45, 2.75) is 26.3 Å². The Kier molecular flexibility index (Phi) is 7.53. The molecule has 0 saturated carbocycles. The molecule has 0 radical (unpaired) electrons. The van der Waals surface area contributed by atoms with Crippen LogP contribution >= 0.6 is 0 Å². The van der Waals surface area contributed by atoms with Crippen LogP contribution in [0.4, 0.5) is 23.0 Å². The van der Waals surface area contributed by atoms with Crippen molar-refractivity contribution in [3.8, 4) is 23.1 Å². The van der Waals surface area contributed by atoms with Crippen molar-refractivity contribution in [3.05, 3.63) is 64.0 Å². The SMILES string of the molecule is Cc1cc(N(C)CCN(C)C)c([N+](=O)[O-])cc1Nc1ncc(OCC#N)c(-c2cn3c4c(cccc24)CCC3)n1. The standard InChI is InChI=1S/C29H32N8O3/c1-19-15-24(35(4)13-12-34(2)3)25(37(38)39)16-23(19)32-29-31-17-26(40-14-10-30)27(33-29)22-18-36-11-6-8-20-7-5-9-21(22)28(20)36/h5,7,9,15-18H,6,8,11-14H2,1-4H3,(H,31,32,33). The number of nitrogens with zero attached hydrogens (tertiary/aromatic N) is 7. The molecule has 0 saturated heterocycles. The number of nitrogens with one attached hydrogen (secondary N) is 1. The molecule has 0 unspecified atom stereocenters. The summed E-state index contributed by atoms with van der Waals surface area (Å²) >= 11 is 0. The first kappa shape index (κ1) is 26.9. The predicted octanol–water partition coefficient (Wildman–Crippen LogP) is 4.90. The van der Waals surface area contributed by atoms with E-state index in [1.165, 1.54) is 17.1 Å². The van der Waals surface area contributed by atoms with E-state index in [0.717, 1.165) is 42.4 Å². The van der Waals surface area contributed by atoms with Crippen LogP contribution in [0.3, 0.4) is 0 Å². The summed E-state index contributed by atoms with van der Waals surface area (Å²) in [7, 11) is 5.79. The van der Waals surface area contributed by atoms with Gasteiger partial charge in [0, 0.05) is 49.9 Å². The maximum absolute atomic E-state index is 12.0. The largest absolute Gasteiger partial charge is 0.475 e. The molecule has 3 heterocycles. The third-order valence-corrected chi connectivity index (χ3v) is 7.19. The smallest absolute Gasteiger partial charge is 0.294 e. The summed E-state index contributed by atoms with van der Waals surface area (Å²) in [5.74, 6) is 0.675. The molecule has 4 aromatic rings. The minimum atomic E-state index is -0.370. The summed E-state index contributed by atoms with van der Waals surface area (Å²) in [6, 6.07) is 11.6. The van der Waals surface area contributed by atoms with Crippen LogP contribution in [-0.4, -0.2) is 65.2 Å². The van der Waals surface area contributed by atoms with Crippen LogP contribution in [0.1, 0.15) is 17.5 Å². The van der Waals surface area contributed by atoms with Crippen molar-refractivity contribution in [3.63, 3.8) is 0 Å². The van der Waals surface area contributed by atoms with Crippen LogP contribution in [0.25, 0.3) is 22.2 Å². The number of hydrogen-bond donors (Lipinski definition) is 1. The number of rotatable bonds is 10. The minimum Gasteiger partial charge on any atom is -0.475 e. The number of nitriles is 1. The van der Waals surface area contributed by atoms with Gasteiger partial charge in [0.15, 0.2) is 12.4 Å². The zero-order chi connectivity index (χ0) is 28.4. The van der Waals surface area contributed by atoms with Crippen molar-refractivity contribution in [1.82, 2.24) is 19.4 Å². The zero-order valence-corrected chi connectivity index (χ0v) is 23.1. The lowest BCUT2D eigenvalue weighted by atomic mass is 10.0. The lowest BCUT2D eigenvalue weighted by Crippen LogP contribution is -2.29. The minimum absolute atomic E-state index is 0.00227. The maximum Gasteiger partial charge on any atom is 0.294 e. The van der Waals surface area contributed by atoms with Crippen molar-refractivity contribution < 1.29 is 9.66 Å². The Hall–Kier alpha value is -4.69. The molecule has 0 atom stereocenters. The number of anilines is 3. The van der Waals surface area contributed by atoms with E-state index in [1.54, 1.807) is 6.20 Å². The average molecular weight is 541 g/mol. The Morgan fingerprint density at radius 3 is 2.83 bits per heavy atom. The van der Waals surface area contributed by atoms with Gasteiger partial charge in [0.05, 0.1) is 22.3 Å². The van der Waals surface area contributed by atoms with Crippen LogP contribution in [0.2, 0.25) is 0 Å². The number of benzene rings is 2. The summed E-state index contributed by atoms with van der Waals surface area (Å²) in [6.07, 6.45) is 5.70. The fourth-order valence-corrected chi connectivity index (χ4v) is 5.14. The zero-order valence-electron chi connectivity index (χ0n) is 23.1. The summed E-state index contributed by atoms with van der Waals surface area (Å²) < 4.78 is 7.96. The average Bonchev–Trinajstić information content (AvgIpc) is 3.32. The molecule has 2 aromatic carbocycles. The second-order valence-corrected chi connectivity index (χ2v) is 10.3. The summed E-state index contributed by atoms with van der Waals surface area (Å²) in [6.45, 7) is 4.08. The predicted molar refractivity (Wildman–Crippen MR) is 155 cm³/mol. The molecule has 0 bridgehead atoms. The molecule has 2 aromatic heterocycles. The van der Waals surface area contributed by atoms with Crippen LogP contribution in [-0.2, 0) is 13.0 Å². The molecule has 1 aliphatic heterocycles. The Balaban J connectivity index is 1.55. The highest BCUT2D eigenvalue weighted by Gasteiger charge is 2.23. The molecule has 11 heteroatoms. The van der Waals surface area contributed by atoms with Gasteiger partial charge in [-0.3, -0.25) is 10.1 Å². The Morgan fingerprint density at radius 1 is 1.25 bits per heavy atom. The molecule has 206 valence electrons. The first-order chi connectivity index (χ1) is 19.3. The summed E-state index contributed by atoms with van der Waals surface area (Å²) in [4.78, 5) is 24.8. The van der Waals surface area contributed by atoms with Crippen molar-refractivity contribution in [2.24, 2.45) is 0 Å². The molecule has 0 spiro atoms. The molecule has 0 aliphatic carbocycles. The normalized spacial score (nSPS) is 12.4. The van der Waals surface area contributed by atoms with E-state index < -0.39 is 0 Å². The fourth-order valence-electron chi connectivity index (χ4n) is 5.14. The molecule has 1 aliphatic rings. The van der Waals surface area contributed by atoms with Gasteiger partial charge in [0.25, 0.3) is 5.69 Å². The second-order valence-electron chi connectivity index (χ2n) is 10.3. The number of aryl methyl sites for hydroxylation is 3. The number of hydrogen-bond acceptors (Lipinski definition) is 9. The molecular weight excluding hydrogens is 508 g/mol. The fraction of sp³-hybridized carbons (Fsp3) is 0.345. The van der Waals surface area contributed by atoms with Gasteiger partial charge in [-0.05, 0) is 51.1 Å². The van der Waals surface area contributed by atoms with E-state index in [4.69, 9.17) is 15.0 Å². The highest BCUT2D eigenvalue weighted by Crippen LogP contribution is 2.39. The quantitative estimate of drug-likeness (QED) is 0.221. The van der Waals surface area contributed by atoms with Gasteiger partial charge in [0.2, 0.25) is 5.95 Å². The van der Waals surface area contributed by atoms with E-state index in [1.807, 2.05) is 56.1 Å². The highest BCUT2D eigenvalue weighted by molar-refractivity contribution is 5.98. The van der Waals surface area contributed by atoms with E-state index in [-0.39, 0.29) is 23.2 Å². The number of nitro groups is 1. The van der Waals surface area contributed by atoms with Crippen molar-refractivity contribution in [2.75, 3.05) is 51.1 Å². The Morgan fingerprint density at radius 2 is 2.08 bits per heavy atom. The molecule has 5 rings (SSSR count). The lowest BCUT2D eigenvalue weighted by Gasteiger charge is -2.22. The van der Waals surface area contributed by atoms with Crippen molar-refractivity contribution >= 4 is 33.9 Å². The second kappa shape index (κ2) is 11.2. The van der Waals surface area contributed by atoms with E-state index in [9.17, 15) is 10.1 Å². The summed E-state index contributed by atoms with van der Waals surface area (Å²) in [5.41, 5.74) is 5.82. The van der Waals surface area contributed by atoms with Gasteiger partial charge in [-0.15, -0.1) is 0 Å². The van der Waals surface area contributed by atoms with Gasteiger partial charge in [-0.25, -0.2) is 9.97 Å². The van der Waals surface area contributed by atoms with E-state index in [2.05, 4.69) is 33.2 Å². The van der Waals surface area contributed by atoms with E-state index >= 15 is 0 Å². The molecule has 1 N–H and O–H groups in total. The lowest BCUT2D eigenvalue weighted by molar-refractivity contribution is -0.384. The molecule has 0 amide bonds. The Bertz CT molecular complexity index is 1620. The van der Waals surface area contributed by atoms with Crippen molar-refractivity contribution in [1.29, 1.82) is 5.26 Å². The number of ether oxygens (including phenoxy) is 1. The van der Waals surface area contributed by atoms with E-state index in [0.29, 0.717) is 29.4 Å². The van der Waals surface area contributed by atoms with Crippen LogP contribution < -0.4 is 15.0 Å². The third-order valence-electron chi connectivity index (χ3n) is 7.19. The van der Waals surface area contributed by atoms with Gasteiger partial charge >= 0.3 is 0 Å². The molecule has 0 fully saturated rings. The van der Waals surface area contributed by atoms with Gasteiger partial charge < -0.3 is 24.4 Å². The topological polar surface area (TPSA) is 125 Å². The molecule has 40 heavy (non-hydrogen) atoms. The number of para-hydroxylation sites is 1. The first-order valence-corrected chi connectivity index (χ1v) is 13.2. The molecule has 11 nitrogen and oxygen atoms in total. The van der Waals surface area contributed by atoms with Gasteiger partial charge in [0.1, 0.15) is 17.5 Å².